The lowest BCUT2D eigenvalue weighted by Gasteiger charge is -2.12. The van der Waals surface area contributed by atoms with Gasteiger partial charge in [0.25, 0.3) is 0 Å². The molecule has 0 radical (unpaired) electrons. The van der Waals surface area contributed by atoms with Crippen LogP contribution in [0.3, 0.4) is 0 Å². The molecular weight excluding hydrogens is 262 g/mol. The third kappa shape index (κ3) is 4.46. The monoisotopic (exact) mass is 285 g/mol. The Balaban J connectivity index is 1.90. The second-order valence-corrected chi connectivity index (χ2v) is 4.81. The maximum absolute atomic E-state index is 5.01. The molecule has 0 heterocycles. The number of hydrogen-bond acceptors (Lipinski definition) is 2. The largest absolute Gasteiger partial charge is 0.383 e. The summed E-state index contributed by atoms with van der Waals surface area (Å²) >= 11 is 0. The normalized spacial score (nSPS) is 11.6. The minimum atomic E-state index is 0.671. The Hall–Kier alpha value is -2.07. The van der Waals surface area contributed by atoms with Gasteiger partial charge in [-0.2, -0.15) is 0 Å². The van der Waals surface area contributed by atoms with Crippen molar-refractivity contribution in [2.45, 2.75) is 6.42 Å². The molecule has 0 saturated carbocycles. The van der Waals surface area contributed by atoms with E-state index in [1.807, 2.05) is 0 Å². The molecule has 2 aromatic rings. The van der Waals surface area contributed by atoms with Crippen molar-refractivity contribution in [3.05, 3.63) is 48.0 Å². The molecule has 0 unspecified atom stereocenters. The van der Waals surface area contributed by atoms with E-state index in [1.165, 1.54) is 16.3 Å². The van der Waals surface area contributed by atoms with Crippen LogP contribution in [-0.2, 0) is 11.2 Å². The van der Waals surface area contributed by atoms with Crippen molar-refractivity contribution in [1.29, 1.82) is 0 Å². The van der Waals surface area contributed by atoms with Crippen LogP contribution in [-0.4, -0.2) is 39.8 Å². The van der Waals surface area contributed by atoms with E-state index in [-0.39, 0.29) is 0 Å². The van der Waals surface area contributed by atoms with Crippen molar-refractivity contribution in [2.75, 3.05) is 33.9 Å². The quantitative estimate of drug-likeness (QED) is 0.486. The highest BCUT2D eigenvalue weighted by Gasteiger charge is 2.01. The van der Waals surface area contributed by atoms with E-state index in [1.54, 1.807) is 14.2 Å². The van der Waals surface area contributed by atoms with Gasteiger partial charge in [-0.05, 0) is 22.8 Å². The number of hydrogen-bond donors (Lipinski definition) is 2. The third-order valence-corrected chi connectivity index (χ3v) is 3.39. The number of guanidine groups is 1. The third-order valence-electron chi connectivity index (χ3n) is 3.39. The average molecular weight is 285 g/mol. The molecule has 0 saturated heterocycles. The summed E-state index contributed by atoms with van der Waals surface area (Å²) < 4.78 is 5.01. The van der Waals surface area contributed by atoms with Crippen molar-refractivity contribution in [3.8, 4) is 0 Å². The predicted octanol–water partition coefficient (Wildman–Crippen LogP) is 2.19. The van der Waals surface area contributed by atoms with E-state index in [0.29, 0.717) is 6.61 Å². The van der Waals surface area contributed by atoms with Crippen molar-refractivity contribution >= 4 is 16.7 Å². The van der Waals surface area contributed by atoms with Gasteiger partial charge in [0, 0.05) is 27.2 Å². The number of rotatable bonds is 6. The molecule has 0 spiro atoms. The van der Waals surface area contributed by atoms with Gasteiger partial charge in [-0.15, -0.1) is 0 Å². The van der Waals surface area contributed by atoms with Gasteiger partial charge < -0.3 is 15.4 Å². The van der Waals surface area contributed by atoms with Gasteiger partial charge in [0.15, 0.2) is 5.96 Å². The molecular formula is C17H23N3O. The average Bonchev–Trinajstić information content (AvgIpc) is 2.53. The first-order valence-corrected chi connectivity index (χ1v) is 7.25. The fourth-order valence-electron chi connectivity index (χ4n) is 2.32. The molecule has 4 nitrogen and oxygen atoms in total. The van der Waals surface area contributed by atoms with Crippen molar-refractivity contribution in [3.63, 3.8) is 0 Å². The van der Waals surface area contributed by atoms with Crippen molar-refractivity contribution < 1.29 is 4.74 Å². The van der Waals surface area contributed by atoms with E-state index in [2.05, 4.69) is 58.1 Å². The molecule has 0 aromatic heterocycles. The zero-order chi connectivity index (χ0) is 14.9. The lowest BCUT2D eigenvalue weighted by Crippen LogP contribution is -2.39. The number of benzene rings is 2. The molecule has 2 aromatic carbocycles. The first kappa shape index (κ1) is 15.3. The number of aliphatic imine (C=N–C) groups is 1. The van der Waals surface area contributed by atoms with E-state index in [9.17, 15) is 0 Å². The van der Waals surface area contributed by atoms with Crippen LogP contribution >= 0.6 is 0 Å². The smallest absolute Gasteiger partial charge is 0.191 e. The SMILES string of the molecule is CN=C(NCCOC)NCCc1cccc2ccccc12. The molecule has 0 bridgehead atoms. The van der Waals surface area contributed by atoms with Crippen LogP contribution in [0.25, 0.3) is 10.8 Å². The zero-order valence-corrected chi connectivity index (χ0v) is 12.7. The molecule has 2 N–H and O–H groups in total. The molecule has 0 amide bonds. The summed E-state index contributed by atoms with van der Waals surface area (Å²) in [7, 11) is 3.47. The van der Waals surface area contributed by atoms with Gasteiger partial charge >= 0.3 is 0 Å². The van der Waals surface area contributed by atoms with Gasteiger partial charge in [0.1, 0.15) is 0 Å². The molecule has 2 rings (SSSR count). The van der Waals surface area contributed by atoms with Gasteiger partial charge in [0.2, 0.25) is 0 Å². The zero-order valence-electron chi connectivity index (χ0n) is 12.7. The maximum Gasteiger partial charge on any atom is 0.191 e. The number of methoxy groups -OCH3 is 1. The van der Waals surface area contributed by atoms with Crippen LogP contribution in [0.1, 0.15) is 5.56 Å². The first-order valence-electron chi connectivity index (χ1n) is 7.25. The topological polar surface area (TPSA) is 45.7 Å². The predicted molar refractivity (Wildman–Crippen MR) is 88.9 cm³/mol. The van der Waals surface area contributed by atoms with Crippen molar-refractivity contribution in [2.24, 2.45) is 4.99 Å². The first-order chi connectivity index (χ1) is 10.3. The summed E-state index contributed by atoms with van der Waals surface area (Å²) in [4.78, 5) is 4.19. The van der Waals surface area contributed by atoms with Crippen LogP contribution < -0.4 is 10.6 Å². The Kier molecular flexibility index (Phi) is 6.03. The summed E-state index contributed by atoms with van der Waals surface area (Å²) in [6.07, 6.45) is 0.965. The highest BCUT2D eigenvalue weighted by Crippen LogP contribution is 2.18. The van der Waals surface area contributed by atoms with Crippen LogP contribution in [0.15, 0.2) is 47.5 Å². The molecule has 0 aliphatic carbocycles. The summed E-state index contributed by atoms with van der Waals surface area (Å²) in [5.41, 5.74) is 1.35. The lowest BCUT2D eigenvalue weighted by molar-refractivity contribution is 0.203. The Morgan fingerprint density at radius 1 is 1.05 bits per heavy atom. The summed E-state index contributed by atoms with van der Waals surface area (Å²) in [5, 5.41) is 9.15. The minimum absolute atomic E-state index is 0.671. The van der Waals surface area contributed by atoms with Gasteiger partial charge in [-0.1, -0.05) is 42.5 Å². The van der Waals surface area contributed by atoms with E-state index in [0.717, 1.165) is 25.5 Å². The summed E-state index contributed by atoms with van der Waals surface area (Å²) in [5.74, 6) is 0.812. The fraction of sp³-hybridized carbons (Fsp3) is 0.353. The van der Waals surface area contributed by atoms with Gasteiger partial charge in [-0.25, -0.2) is 0 Å². The van der Waals surface area contributed by atoms with E-state index in [4.69, 9.17) is 4.74 Å². The number of nitrogens with zero attached hydrogens (tertiary/aromatic N) is 1. The Morgan fingerprint density at radius 3 is 2.62 bits per heavy atom. The number of ether oxygens (including phenoxy) is 1. The molecule has 0 atom stereocenters. The number of nitrogens with one attached hydrogen (secondary N) is 2. The Bertz CT molecular complexity index is 590. The molecule has 0 aliphatic heterocycles. The molecule has 112 valence electrons. The highest BCUT2D eigenvalue weighted by molar-refractivity contribution is 5.85. The van der Waals surface area contributed by atoms with Crippen LogP contribution in [0.5, 0.6) is 0 Å². The van der Waals surface area contributed by atoms with E-state index >= 15 is 0 Å². The number of fused-ring (bicyclic) bond motifs is 1. The summed E-state index contributed by atoms with van der Waals surface area (Å²) in [6.45, 7) is 2.27. The van der Waals surface area contributed by atoms with E-state index < -0.39 is 0 Å². The highest BCUT2D eigenvalue weighted by atomic mass is 16.5. The van der Waals surface area contributed by atoms with Gasteiger partial charge in [0.05, 0.1) is 6.61 Å². The van der Waals surface area contributed by atoms with Gasteiger partial charge in [-0.3, -0.25) is 4.99 Å². The van der Waals surface area contributed by atoms with Crippen LogP contribution in [0.2, 0.25) is 0 Å². The molecule has 4 heteroatoms. The second-order valence-electron chi connectivity index (χ2n) is 4.81. The second kappa shape index (κ2) is 8.27. The minimum Gasteiger partial charge on any atom is -0.383 e. The maximum atomic E-state index is 5.01. The molecule has 0 aliphatic rings. The Labute approximate surface area is 126 Å². The summed E-state index contributed by atoms with van der Waals surface area (Å²) in [6, 6.07) is 14.9. The van der Waals surface area contributed by atoms with Crippen LogP contribution in [0.4, 0.5) is 0 Å². The Morgan fingerprint density at radius 2 is 1.81 bits per heavy atom. The molecule has 0 fully saturated rings. The lowest BCUT2D eigenvalue weighted by atomic mass is 10.0. The van der Waals surface area contributed by atoms with Crippen LogP contribution in [0, 0.1) is 0 Å². The fourth-order valence-corrected chi connectivity index (χ4v) is 2.32. The standard InChI is InChI=1S/C17H23N3O/c1-18-17(20-12-13-21-2)19-11-10-15-8-5-7-14-6-3-4-9-16(14)15/h3-9H,10-13H2,1-2H3,(H2,18,19,20). The molecule has 21 heavy (non-hydrogen) atoms. The van der Waals surface area contributed by atoms with Crippen molar-refractivity contribution in [1.82, 2.24) is 10.6 Å².